The van der Waals surface area contributed by atoms with Crippen molar-refractivity contribution >= 4 is 11.8 Å². The van der Waals surface area contributed by atoms with Gasteiger partial charge in [-0.15, -0.1) is 0 Å². The highest BCUT2D eigenvalue weighted by molar-refractivity contribution is 5.83. The Bertz CT molecular complexity index is 404. The molecule has 1 aromatic rings. The highest BCUT2D eigenvalue weighted by Crippen LogP contribution is 1.99. The number of carbonyl (C=O) groups is 2. The molecule has 0 saturated heterocycles. The van der Waals surface area contributed by atoms with Gasteiger partial charge in [0.1, 0.15) is 0 Å². The average Bonchev–Trinajstić information content (AvgIpc) is 2.34. The van der Waals surface area contributed by atoms with E-state index in [-0.39, 0.29) is 24.4 Å². The van der Waals surface area contributed by atoms with Crippen LogP contribution in [0, 0.1) is 0 Å². The number of hydrogen-bond donors (Lipinski definition) is 1. The van der Waals surface area contributed by atoms with E-state index in [1.54, 1.807) is 12.4 Å². The lowest BCUT2D eigenvalue weighted by Gasteiger charge is -2.24. The molecule has 98 valence electrons. The smallest absolute Gasteiger partial charge is 0.239 e. The molecule has 0 saturated carbocycles. The summed E-state index contributed by atoms with van der Waals surface area (Å²) in [5, 5.41) is 2.78. The average molecular weight is 249 g/mol. The van der Waals surface area contributed by atoms with Gasteiger partial charge in [0.25, 0.3) is 0 Å². The zero-order valence-corrected chi connectivity index (χ0v) is 11.0. The highest BCUT2D eigenvalue weighted by Gasteiger charge is 2.16. The zero-order chi connectivity index (χ0) is 13.5. The molecular weight excluding hydrogens is 230 g/mol. The Morgan fingerprint density at radius 2 is 1.94 bits per heavy atom. The second-order valence-corrected chi connectivity index (χ2v) is 4.37. The number of carbonyl (C=O) groups excluding carboxylic acids is 2. The minimum atomic E-state index is -0.157. The third-order valence-corrected chi connectivity index (χ3v) is 2.58. The molecule has 0 aliphatic carbocycles. The van der Waals surface area contributed by atoms with Crippen molar-refractivity contribution in [2.24, 2.45) is 0 Å². The number of nitrogens with one attached hydrogen (secondary N) is 1. The summed E-state index contributed by atoms with van der Waals surface area (Å²) in [6.45, 7) is 5.79. The van der Waals surface area contributed by atoms with E-state index >= 15 is 0 Å². The van der Waals surface area contributed by atoms with Gasteiger partial charge in [-0.25, -0.2) is 0 Å². The van der Waals surface area contributed by atoms with Gasteiger partial charge in [-0.05, 0) is 31.5 Å². The van der Waals surface area contributed by atoms with E-state index in [0.29, 0.717) is 6.54 Å². The van der Waals surface area contributed by atoms with Gasteiger partial charge < -0.3 is 10.2 Å². The first-order valence-electron chi connectivity index (χ1n) is 5.93. The van der Waals surface area contributed by atoms with Crippen molar-refractivity contribution in [3.63, 3.8) is 0 Å². The number of amides is 2. The molecule has 0 fully saturated rings. The van der Waals surface area contributed by atoms with Crippen LogP contribution < -0.4 is 5.32 Å². The number of pyridine rings is 1. The van der Waals surface area contributed by atoms with E-state index in [1.807, 2.05) is 26.0 Å². The van der Waals surface area contributed by atoms with E-state index < -0.39 is 0 Å². The van der Waals surface area contributed by atoms with Crippen LogP contribution >= 0.6 is 0 Å². The fourth-order valence-corrected chi connectivity index (χ4v) is 1.57. The molecule has 1 N–H and O–H groups in total. The lowest BCUT2D eigenvalue weighted by atomic mass is 10.2. The fourth-order valence-electron chi connectivity index (χ4n) is 1.57. The van der Waals surface area contributed by atoms with Gasteiger partial charge in [0.2, 0.25) is 11.8 Å². The maximum atomic E-state index is 11.7. The molecule has 0 aliphatic rings. The summed E-state index contributed by atoms with van der Waals surface area (Å²) in [4.78, 5) is 28.5. The summed E-state index contributed by atoms with van der Waals surface area (Å²) >= 11 is 0. The summed E-state index contributed by atoms with van der Waals surface area (Å²) in [5.74, 6) is -0.250. The summed E-state index contributed by atoms with van der Waals surface area (Å²) in [7, 11) is 0. The molecule has 5 heteroatoms. The molecule has 2 amide bonds. The predicted octanol–water partition coefficient (Wildman–Crippen LogP) is 0.955. The Labute approximate surface area is 107 Å². The van der Waals surface area contributed by atoms with Crippen LogP contribution in [0.15, 0.2) is 24.5 Å². The van der Waals surface area contributed by atoms with E-state index in [4.69, 9.17) is 0 Å². The molecule has 0 spiro atoms. The molecule has 18 heavy (non-hydrogen) atoms. The van der Waals surface area contributed by atoms with Crippen LogP contribution in [0.1, 0.15) is 26.3 Å². The van der Waals surface area contributed by atoms with Crippen LogP contribution in [0.5, 0.6) is 0 Å². The molecule has 0 atom stereocenters. The van der Waals surface area contributed by atoms with Gasteiger partial charge in [-0.3, -0.25) is 14.6 Å². The first kappa shape index (κ1) is 14.2. The number of rotatable bonds is 5. The molecule has 0 aliphatic heterocycles. The molecule has 0 radical (unpaired) electrons. The van der Waals surface area contributed by atoms with Gasteiger partial charge >= 0.3 is 0 Å². The SMILES string of the molecule is CC(=O)N(CC(=O)NCc1ccncc1)C(C)C. The first-order valence-corrected chi connectivity index (χ1v) is 5.93. The van der Waals surface area contributed by atoms with Crippen LogP contribution in [-0.2, 0) is 16.1 Å². The molecule has 0 bridgehead atoms. The normalized spacial score (nSPS) is 10.2. The van der Waals surface area contributed by atoms with Crippen LogP contribution in [0.25, 0.3) is 0 Å². The van der Waals surface area contributed by atoms with Crippen LogP contribution in [0.2, 0.25) is 0 Å². The van der Waals surface area contributed by atoms with E-state index in [0.717, 1.165) is 5.56 Å². The third kappa shape index (κ3) is 4.53. The molecule has 0 aromatic carbocycles. The zero-order valence-electron chi connectivity index (χ0n) is 11.0. The molecule has 5 nitrogen and oxygen atoms in total. The van der Waals surface area contributed by atoms with Gasteiger partial charge in [-0.2, -0.15) is 0 Å². The topological polar surface area (TPSA) is 62.3 Å². The second kappa shape index (κ2) is 6.74. The quantitative estimate of drug-likeness (QED) is 0.845. The second-order valence-electron chi connectivity index (χ2n) is 4.37. The van der Waals surface area contributed by atoms with Crippen LogP contribution in [0.3, 0.4) is 0 Å². The van der Waals surface area contributed by atoms with Crippen molar-refractivity contribution in [1.29, 1.82) is 0 Å². The largest absolute Gasteiger partial charge is 0.350 e. The monoisotopic (exact) mass is 249 g/mol. The van der Waals surface area contributed by atoms with Crippen molar-refractivity contribution in [2.45, 2.75) is 33.4 Å². The minimum Gasteiger partial charge on any atom is -0.350 e. The Hall–Kier alpha value is -1.91. The maximum absolute atomic E-state index is 11.7. The van der Waals surface area contributed by atoms with Gasteiger partial charge in [0, 0.05) is 31.9 Å². The van der Waals surface area contributed by atoms with Crippen LogP contribution in [-0.4, -0.2) is 34.3 Å². The summed E-state index contributed by atoms with van der Waals surface area (Å²) < 4.78 is 0. The maximum Gasteiger partial charge on any atom is 0.239 e. The number of aromatic nitrogens is 1. The first-order chi connectivity index (χ1) is 8.50. The van der Waals surface area contributed by atoms with Crippen molar-refractivity contribution in [3.8, 4) is 0 Å². The highest BCUT2D eigenvalue weighted by atomic mass is 16.2. The molecule has 1 aromatic heterocycles. The van der Waals surface area contributed by atoms with Crippen LogP contribution in [0.4, 0.5) is 0 Å². The predicted molar refractivity (Wildman–Crippen MR) is 68.6 cm³/mol. The Kier molecular flexibility index (Phi) is 5.30. The molecule has 0 unspecified atom stereocenters. The van der Waals surface area contributed by atoms with Gasteiger partial charge in [0.15, 0.2) is 0 Å². The van der Waals surface area contributed by atoms with Crippen molar-refractivity contribution in [2.75, 3.05) is 6.54 Å². The van der Waals surface area contributed by atoms with Crippen molar-refractivity contribution in [1.82, 2.24) is 15.2 Å². The number of nitrogens with zero attached hydrogens (tertiary/aromatic N) is 2. The fraction of sp³-hybridized carbons (Fsp3) is 0.462. The molecule has 1 heterocycles. The molecule has 1 rings (SSSR count). The standard InChI is InChI=1S/C13H19N3O2/c1-10(2)16(11(3)17)9-13(18)15-8-12-4-6-14-7-5-12/h4-7,10H,8-9H2,1-3H3,(H,15,18). The summed E-state index contributed by atoms with van der Waals surface area (Å²) in [6, 6.07) is 3.70. The van der Waals surface area contributed by atoms with E-state index in [1.165, 1.54) is 11.8 Å². The van der Waals surface area contributed by atoms with Gasteiger partial charge in [0.05, 0.1) is 6.54 Å². The Balaban J connectivity index is 2.44. The third-order valence-electron chi connectivity index (χ3n) is 2.58. The van der Waals surface area contributed by atoms with E-state index in [9.17, 15) is 9.59 Å². The molecular formula is C13H19N3O2. The Morgan fingerprint density at radius 1 is 1.33 bits per heavy atom. The number of hydrogen-bond acceptors (Lipinski definition) is 3. The van der Waals surface area contributed by atoms with Gasteiger partial charge in [-0.1, -0.05) is 0 Å². The minimum absolute atomic E-state index is 0.0224. The lowest BCUT2D eigenvalue weighted by Crippen LogP contribution is -2.43. The summed E-state index contributed by atoms with van der Waals surface area (Å²) in [5.41, 5.74) is 0.984. The summed E-state index contributed by atoms with van der Waals surface area (Å²) in [6.07, 6.45) is 3.36. The van der Waals surface area contributed by atoms with Crippen molar-refractivity contribution < 1.29 is 9.59 Å². The lowest BCUT2D eigenvalue weighted by molar-refractivity contribution is -0.136. The Morgan fingerprint density at radius 3 is 2.44 bits per heavy atom. The van der Waals surface area contributed by atoms with Crippen molar-refractivity contribution in [3.05, 3.63) is 30.1 Å². The van der Waals surface area contributed by atoms with E-state index in [2.05, 4.69) is 10.3 Å².